The molecule has 0 aliphatic rings. The van der Waals surface area contributed by atoms with Crippen LogP contribution in [0.5, 0.6) is 5.75 Å². The first-order valence-electron chi connectivity index (χ1n) is 7.65. The summed E-state index contributed by atoms with van der Waals surface area (Å²) in [6.45, 7) is 1.14. The summed E-state index contributed by atoms with van der Waals surface area (Å²) in [6, 6.07) is 22.4. The number of benzene rings is 3. The molecule has 0 radical (unpaired) electrons. The highest BCUT2D eigenvalue weighted by Crippen LogP contribution is 2.18. The van der Waals surface area contributed by atoms with E-state index >= 15 is 0 Å². The highest BCUT2D eigenvalue weighted by Gasteiger charge is 2.00. The Balaban J connectivity index is 1.57. The number of halogens is 2. The van der Waals surface area contributed by atoms with Crippen molar-refractivity contribution >= 4 is 21.6 Å². The Labute approximate surface area is 149 Å². The zero-order valence-corrected chi connectivity index (χ0v) is 14.6. The average Bonchev–Trinajstić information content (AvgIpc) is 2.61. The molecular formula is C20H17BrFNO. The van der Waals surface area contributed by atoms with E-state index in [1.54, 1.807) is 12.1 Å². The van der Waals surface area contributed by atoms with E-state index in [2.05, 4.69) is 27.3 Å². The Bertz CT molecular complexity index is 723. The minimum atomic E-state index is -0.236. The average molecular weight is 386 g/mol. The summed E-state index contributed by atoms with van der Waals surface area (Å²) in [5.41, 5.74) is 3.14. The molecule has 122 valence electrons. The lowest BCUT2D eigenvalue weighted by molar-refractivity contribution is 0.306. The highest BCUT2D eigenvalue weighted by atomic mass is 79.9. The van der Waals surface area contributed by atoms with E-state index in [1.807, 2.05) is 42.5 Å². The summed E-state index contributed by atoms with van der Waals surface area (Å²) in [5, 5.41) is 3.38. The van der Waals surface area contributed by atoms with Gasteiger partial charge < -0.3 is 10.1 Å². The van der Waals surface area contributed by atoms with Gasteiger partial charge in [0, 0.05) is 16.7 Å². The van der Waals surface area contributed by atoms with Crippen molar-refractivity contribution in [3.63, 3.8) is 0 Å². The van der Waals surface area contributed by atoms with E-state index in [1.165, 1.54) is 12.1 Å². The molecule has 4 heteroatoms. The maximum Gasteiger partial charge on any atom is 0.123 e. The predicted octanol–water partition coefficient (Wildman–Crippen LogP) is 5.78. The number of rotatable bonds is 6. The largest absolute Gasteiger partial charge is 0.489 e. The molecule has 0 heterocycles. The number of ether oxygens (including phenoxy) is 1. The van der Waals surface area contributed by atoms with E-state index < -0.39 is 0 Å². The van der Waals surface area contributed by atoms with Crippen LogP contribution in [0.1, 0.15) is 11.1 Å². The molecule has 0 saturated heterocycles. The third-order valence-corrected chi connectivity index (χ3v) is 4.09. The van der Waals surface area contributed by atoms with Crippen molar-refractivity contribution in [1.29, 1.82) is 0 Å². The van der Waals surface area contributed by atoms with Gasteiger partial charge in [-0.05, 0) is 59.7 Å². The Morgan fingerprint density at radius 1 is 0.875 bits per heavy atom. The van der Waals surface area contributed by atoms with E-state index in [-0.39, 0.29) is 5.82 Å². The molecule has 0 atom stereocenters. The van der Waals surface area contributed by atoms with Crippen LogP contribution < -0.4 is 10.1 Å². The van der Waals surface area contributed by atoms with Gasteiger partial charge in [-0.15, -0.1) is 0 Å². The predicted molar refractivity (Wildman–Crippen MR) is 98.6 cm³/mol. The van der Waals surface area contributed by atoms with Crippen molar-refractivity contribution in [3.8, 4) is 5.75 Å². The molecule has 0 bridgehead atoms. The first-order valence-corrected chi connectivity index (χ1v) is 8.44. The van der Waals surface area contributed by atoms with Gasteiger partial charge in [-0.1, -0.05) is 40.2 Å². The van der Waals surface area contributed by atoms with Crippen molar-refractivity contribution in [2.24, 2.45) is 0 Å². The second kappa shape index (κ2) is 7.97. The van der Waals surface area contributed by atoms with Crippen molar-refractivity contribution in [3.05, 3.63) is 94.2 Å². The Morgan fingerprint density at radius 2 is 1.62 bits per heavy atom. The van der Waals surface area contributed by atoms with Crippen LogP contribution in [0.25, 0.3) is 0 Å². The minimum absolute atomic E-state index is 0.236. The van der Waals surface area contributed by atoms with Gasteiger partial charge in [-0.25, -0.2) is 4.39 Å². The van der Waals surface area contributed by atoms with Gasteiger partial charge in [0.2, 0.25) is 0 Å². The normalized spacial score (nSPS) is 10.4. The molecule has 0 aliphatic carbocycles. The topological polar surface area (TPSA) is 21.3 Å². The summed E-state index contributed by atoms with van der Waals surface area (Å²) < 4.78 is 19.7. The summed E-state index contributed by atoms with van der Waals surface area (Å²) in [7, 11) is 0. The molecule has 3 aromatic rings. The van der Waals surface area contributed by atoms with Crippen LogP contribution in [0, 0.1) is 5.82 Å². The maximum absolute atomic E-state index is 12.9. The van der Waals surface area contributed by atoms with Crippen LogP contribution in [-0.4, -0.2) is 0 Å². The molecule has 2 nitrogen and oxygen atoms in total. The van der Waals surface area contributed by atoms with Gasteiger partial charge in [0.15, 0.2) is 0 Å². The molecule has 0 aliphatic heterocycles. The van der Waals surface area contributed by atoms with Gasteiger partial charge in [0.05, 0.1) is 0 Å². The zero-order chi connectivity index (χ0) is 16.8. The van der Waals surface area contributed by atoms with Crippen LogP contribution >= 0.6 is 15.9 Å². The molecule has 0 fully saturated rings. The molecular weight excluding hydrogens is 369 g/mol. The summed E-state index contributed by atoms with van der Waals surface area (Å²) in [6.07, 6.45) is 0. The zero-order valence-electron chi connectivity index (χ0n) is 13.0. The Hall–Kier alpha value is -2.33. The van der Waals surface area contributed by atoms with Gasteiger partial charge in [0.1, 0.15) is 18.2 Å². The number of anilines is 1. The molecule has 0 unspecified atom stereocenters. The molecule has 3 rings (SSSR count). The van der Waals surface area contributed by atoms with Crippen LogP contribution in [0.15, 0.2) is 77.3 Å². The first-order chi connectivity index (χ1) is 11.7. The molecule has 0 amide bonds. The number of nitrogens with one attached hydrogen (secondary N) is 1. The lowest BCUT2D eigenvalue weighted by Gasteiger charge is -2.10. The van der Waals surface area contributed by atoms with Crippen molar-refractivity contribution < 1.29 is 9.13 Å². The summed E-state index contributed by atoms with van der Waals surface area (Å²) in [5.74, 6) is 0.564. The third-order valence-electron chi connectivity index (χ3n) is 3.56. The SMILES string of the molecule is Fc1ccc(COc2cccc(CNc3ccc(Br)cc3)c2)cc1. The quantitative estimate of drug-likeness (QED) is 0.580. The minimum Gasteiger partial charge on any atom is -0.489 e. The van der Waals surface area contributed by atoms with Crippen LogP contribution in [0.4, 0.5) is 10.1 Å². The van der Waals surface area contributed by atoms with E-state index in [9.17, 15) is 4.39 Å². The lowest BCUT2D eigenvalue weighted by Crippen LogP contribution is -2.00. The van der Waals surface area contributed by atoms with Crippen LogP contribution in [-0.2, 0) is 13.2 Å². The smallest absolute Gasteiger partial charge is 0.123 e. The Kier molecular flexibility index (Phi) is 5.49. The first kappa shape index (κ1) is 16.5. The van der Waals surface area contributed by atoms with Gasteiger partial charge in [-0.3, -0.25) is 0 Å². The van der Waals surface area contributed by atoms with Gasteiger partial charge in [0.25, 0.3) is 0 Å². The van der Waals surface area contributed by atoms with Crippen molar-refractivity contribution in [1.82, 2.24) is 0 Å². The van der Waals surface area contributed by atoms with E-state index in [0.29, 0.717) is 6.61 Å². The fourth-order valence-electron chi connectivity index (χ4n) is 2.26. The van der Waals surface area contributed by atoms with E-state index in [0.717, 1.165) is 33.6 Å². The van der Waals surface area contributed by atoms with E-state index in [4.69, 9.17) is 4.74 Å². The third kappa shape index (κ3) is 4.83. The van der Waals surface area contributed by atoms with Gasteiger partial charge >= 0.3 is 0 Å². The van der Waals surface area contributed by atoms with Crippen LogP contribution in [0.2, 0.25) is 0 Å². The second-order valence-electron chi connectivity index (χ2n) is 5.42. The fourth-order valence-corrected chi connectivity index (χ4v) is 2.53. The Morgan fingerprint density at radius 3 is 2.38 bits per heavy atom. The maximum atomic E-state index is 12.9. The molecule has 24 heavy (non-hydrogen) atoms. The lowest BCUT2D eigenvalue weighted by atomic mass is 10.2. The summed E-state index contributed by atoms with van der Waals surface area (Å²) >= 11 is 3.43. The van der Waals surface area contributed by atoms with Gasteiger partial charge in [-0.2, -0.15) is 0 Å². The molecule has 1 N–H and O–H groups in total. The second-order valence-corrected chi connectivity index (χ2v) is 6.34. The highest BCUT2D eigenvalue weighted by molar-refractivity contribution is 9.10. The molecule has 0 aromatic heterocycles. The van der Waals surface area contributed by atoms with Crippen molar-refractivity contribution in [2.75, 3.05) is 5.32 Å². The fraction of sp³-hybridized carbons (Fsp3) is 0.100. The monoisotopic (exact) mass is 385 g/mol. The molecule has 0 spiro atoms. The summed E-state index contributed by atoms with van der Waals surface area (Å²) in [4.78, 5) is 0. The number of hydrogen-bond acceptors (Lipinski definition) is 2. The molecule has 0 saturated carbocycles. The molecule has 3 aromatic carbocycles. The van der Waals surface area contributed by atoms with Crippen molar-refractivity contribution in [2.45, 2.75) is 13.2 Å². The van der Waals surface area contributed by atoms with Crippen LogP contribution in [0.3, 0.4) is 0 Å². The number of hydrogen-bond donors (Lipinski definition) is 1. The standard InChI is InChI=1S/C20H17BrFNO/c21-17-6-10-19(11-7-17)23-13-16-2-1-3-20(12-16)24-14-15-4-8-18(22)9-5-15/h1-12,23H,13-14H2.